The molecule has 0 aliphatic carbocycles. The first-order valence-electron chi connectivity index (χ1n) is 5.47. The van der Waals surface area contributed by atoms with Gasteiger partial charge < -0.3 is 10.3 Å². The maximum Gasteiger partial charge on any atom is 0.194 e. The smallest absolute Gasteiger partial charge is 0.194 e. The molecule has 0 spiro atoms. The van der Waals surface area contributed by atoms with Gasteiger partial charge in [0.2, 0.25) is 0 Å². The number of nitrogens with zero attached hydrogens (tertiary/aromatic N) is 4. The van der Waals surface area contributed by atoms with Crippen LogP contribution in [0.15, 0.2) is 24.3 Å². The number of nitrogens with two attached hydrogens (primary N) is 1. The van der Waals surface area contributed by atoms with E-state index in [4.69, 9.17) is 5.73 Å². The molecule has 2 aromatic heterocycles. The average Bonchev–Trinajstić information content (AvgIpc) is 2.68. The number of rotatable bonds is 1. The molecule has 7 heteroatoms. The van der Waals surface area contributed by atoms with Crippen LogP contribution in [-0.4, -0.2) is 19.5 Å². The van der Waals surface area contributed by atoms with Crippen LogP contribution in [-0.2, 0) is 7.05 Å². The number of imidazole rings is 1. The van der Waals surface area contributed by atoms with Crippen molar-refractivity contribution in [1.82, 2.24) is 19.5 Å². The summed E-state index contributed by atoms with van der Waals surface area (Å²) in [4.78, 5) is 12.8. The summed E-state index contributed by atoms with van der Waals surface area (Å²) in [5.74, 6) is 0.628. The number of fused-ring (bicyclic) bond motifs is 1. The summed E-state index contributed by atoms with van der Waals surface area (Å²) in [7, 11) is 1.82. The van der Waals surface area contributed by atoms with E-state index >= 15 is 0 Å². The van der Waals surface area contributed by atoms with Crippen LogP contribution in [0.1, 0.15) is 0 Å². The van der Waals surface area contributed by atoms with Crippen molar-refractivity contribution in [3.63, 3.8) is 0 Å². The molecule has 2 N–H and O–H groups in total. The van der Waals surface area contributed by atoms with Crippen molar-refractivity contribution in [2.45, 2.75) is 0 Å². The number of anilines is 1. The van der Waals surface area contributed by atoms with Gasteiger partial charge in [0, 0.05) is 35.2 Å². The fourth-order valence-electron chi connectivity index (χ4n) is 1.94. The van der Waals surface area contributed by atoms with Crippen molar-refractivity contribution in [3.05, 3.63) is 33.9 Å². The number of hydrogen-bond acceptors (Lipinski definition) is 4. The van der Waals surface area contributed by atoms with E-state index in [9.17, 15) is 4.39 Å². The zero-order valence-corrected chi connectivity index (χ0v) is 12.1. The van der Waals surface area contributed by atoms with E-state index in [1.54, 1.807) is 16.7 Å². The van der Waals surface area contributed by atoms with Gasteiger partial charge in [0.15, 0.2) is 20.8 Å². The lowest BCUT2D eigenvalue weighted by Gasteiger charge is -2.01. The van der Waals surface area contributed by atoms with Gasteiger partial charge >= 0.3 is 0 Å². The maximum atomic E-state index is 13.3. The first-order chi connectivity index (χ1) is 9.06. The van der Waals surface area contributed by atoms with Crippen LogP contribution in [0.4, 0.5) is 10.2 Å². The molecule has 0 saturated heterocycles. The Morgan fingerprint density at radius 2 is 2.05 bits per heavy atom. The summed E-state index contributed by atoms with van der Waals surface area (Å²) in [6, 6.07) is 6.25. The Kier molecular flexibility index (Phi) is 2.85. The van der Waals surface area contributed by atoms with Gasteiger partial charge in [0.25, 0.3) is 0 Å². The first kappa shape index (κ1) is 12.3. The Hall–Kier alpha value is -1.77. The molecule has 0 unspecified atom stereocenters. The molecule has 1 aromatic carbocycles. The Bertz CT molecular complexity index is 783. The van der Waals surface area contributed by atoms with Gasteiger partial charge in [0.05, 0.1) is 0 Å². The Balaban J connectivity index is 2.31. The molecule has 0 amide bonds. The minimum atomic E-state index is -0.307. The molecule has 0 bridgehead atoms. The summed E-state index contributed by atoms with van der Waals surface area (Å²) in [5.41, 5.74) is 7.68. The fourth-order valence-corrected chi connectivity index (χ4v) is 2.43. The van der Waals surface area contributed by atoms with Crippen LogP contribution < -0.4 is 5.73 Å². The normalized spacial score (nSPS) is 11.1. The van der Waals surface area contributed by atoms with E-state index in [0.717, 1.165) is 0 Å². The van der Waals surface area contributed by atoms with E-state index in [-0.39, 0.29) is 5.82 Å². The van der Waals surface area contributed by atoms with Gasteiger partial charge in [0.1, 0.15) is 11.6 Å². The van der Waals surface area contributed by atoms with Gasteiger partial charge in [-0.05, 0) is 12.1 Å². The number of aryl methyl sites for hydroxylation is 1. The molecule has 0 radical (unpaired) electrons. The van der Waals surface area contributed by atoms with Crippen LogP contribution in [0.3, 0.4) is 0 Å². The maximum absolute atomic E-state index is 13.3. The molecule has 2 heterocycles. The number of halogens is 2. The molecule has 5 nitrogen and oxygen atoms in total. The number of benzene rings is 1. The summed E-state index contributed by atoms with van der Waals surface area (Å²) < 4.78 is 15.6. The highest BCUT2D eigenvalue weighted by Gasteiger charge is 2.15. The van der Waals surface area contributed by atoms with Crippen LogP contribution in [0.2, 0.25) is 0 Å². The molecule has 0 saturated carbocycles. The van der Waals surface area contributed by atoms with Gasteiger partial charge in [-0.1, -0.05) is 12.1 Å². The van der Waals surface area contributed by atoms with E-state index in [0.29, 0.717) is 32.2 Å². The van der Waals surface area contributed by atoms with Gasteiger partial charge in [-0.2, -0.15) is 0 Å². The van der Waals surface area contributed by atoms with Crippen LogP contribution in [0, 0.1) is 9.65 Å². The Morgan fingerprint density at radius 1 is 1.26 bits per heavy atom. The van der Waals surface area contributed by atoms with E-state index in [1.165, 1.54) is 12.1 Å². The highest BCUT2D eigenvalue weighted by atomic mass is 127. The van der Waals surface area contributed by atoms with Crippen LogP contribution in [0.25, 0.3) is 22.6 Å². The van der Waals surface area contributed by atoms with E-state index in [2.05, 4.69) is 15.0 Å². The largest absolute Gasteiger partial charge is 0.382 e. The molecule has 3 aromatic rings. The predicted molar refractivity (Wildman–Crippen MR) is 78.8 cm³/mol. The summed E-state index contributed by atoms with van der Waals surface area (Å²) >= 11 is 2.00. The molecule has 3 rings (SSSR count). The monoisotopic (exact) mass is 369 g/mol. The lowest BCUT2D eigenvalue weighted by atomic mass is 10.2. The fraction of sp³-hybridized carbons (Fsp3) is 0.0833. The predicted octanol–water partition coefficient (Wildman–Crippen LogP) is 2.36. The third-order valence-corrected chi connectivity index (χ3v) is 3.28. The highest BCUT2D eigenvalue weighted by molar-refractivity contribution is 14.1. The van der Waals surface area contributed by atoms with E-state index in [1.807, 2.05) is 29.6 Å². The molecular weight excluding hydrogens is 360 g/mol. The molecule has 0 fully saturated rings. The molecule has 0 aliphatic heterocycles. The summed E-state index contributed by atoms with van der Waals surface area (Å²) in [6.07, 6.45) is 0. The van der Waals surface area contributed by atoms with E-state index < -0.39 is 0 Å². The Morgan fingerprint density at radius 3 is 2.79 bits per heavy atom. The highest BCUT2D eigenvalue weighted by Crippen LogP contribution is 2.25. The second kappa shape index (κ2) is 4.41. The van der Waals surface area contributed by atoms with Crippen molar-refractivity contribution < 1.29 is 4.39 Å². The molecular formula is C12H9FIN5. The quantitative estimate of drug-likeness (QED) is 0.528. The van der Waals surface area contributed by atoms with Gasteiger partial charge in [-0.15, -0.1) is 0 Å². The topological polar surface area (TPSA) is 69.6 Å². The Labute approximate surface area is 121 Å². The van der Waals surface area contributed by atoms with Gasteiger partial charge in [-0.25, -0.2) is 19.3 Å². The number of hydrogen-bond donors (Lipinski definition) is 1. The number of nitrogen functional groups attached to an aromatic ring is 1. The number of aromatic nitrogens is 4. The average molecular weight is 369 g/mol. The third kappa shape index (κ3) is 2.03. The van der Waals surface area contributed by atoms with Crippen molar-refractivity contribution >= 4 is 39.6 Å². The SMILES string of the molecule is Cn1c(-c2cccc(F)c2)nc2c(N)nc(I)nc21. The minimum absolute atomic E-state index is 0.307. The lowest BCUT2D eigenvalue weighted by molar-refractivity contribution is 0.628. The van der Waals surface area contributed by atoms with Crippen LogP contribution in [0.5, 0.6) is 0 Å². The zero-order chi connectivity index (χ0) is 13.6. The standard InChI is InChI=1S/C12H9FIN5/c1-19-10(6-3-2-4-7(13)5-6)16-8-9(15)17-12(14)18-11(8)19/h2-5H,1H3,(H2,15,17,18). The second-order valence-electron chi connectivity index (χ2n) is 4.05. The molecule has 96 valence electrons. The van der Waals surface area contributed by atoms with Gasteiger partial charge in [-0.3, -0.25) is 0 Å². The minimum Gasteiger partial charge on any atom is -0.382 e. The molecule has 19 heavy (non-hydrogen) atoms. The first-order valence-corrected chi connectivity index (χ1v) is 6.55. The van der Waals surface area contributed by atoms with Crippen molar-refractivity contribution in [2.24, 2.45) is 7.05 Å². The van der Waals surface area contributed by atoms with Crippen LogP contribution >= 0.6 is 22.6 Å². The van der Waals surface area contributed by atoms with Crippen molar-refractivity contribution in [3.8, 4) is 11.4 Å². The summed E-state index contributed by atoms with van der Waals surface area (Å²) in [5, 5.41) is 0. The molecule has 0 atom stereocenters. The van der Waals surface area contributed by atoms with Crippen molar-refractivity contribution in [1.29, 1.82) is 0 Å². The lowest BCUT2D eigenvalue weighted by Crippen LogP contribution is -1.99. The van der Waals surface area contributed by atoms with Crippen molar-refractivity contribution in [2.75, 3.05) is 5.73 Å². The second-order valence-corrected chi connectivity index (χ2v) is 5.02. The third-order valence-electron chi connectivity index (χ3n) is 2.80. The molecule has 0 aliphatic rings. The zero-order valence-electron chi connectivity index (χ0n) is 9.93. The summed E-state index contributed by atoms with van der Waals surface area (Å²) in [6.45, 7) is 0.